The molecule has 0 bridgehead atoms. The molecule has 3 rings (SSSR count). The van der Waals surface area contributed by atoms with Crippen molar-refractivity contribution in [1.29, 1.82) is 0 Å². The third-order valence-corrected chi connectivity index (χ3v) is 3.23. The maximum absolute atomic E-state index is 13.5. The SMILES string of the molecule is Fc1ccc2c(n1)OCc1cc(Br)c(F)cc1-2. The first-order valence-corrected chi connectivity index (χ1v) is 5.72. The highest BCUT2D eigenvalue weighted by molar-refractivity contribution is 9.10. The molecule has 0 saturated carbocycles. The van der Waals surface area contributed by atoms with Crippen molar-refractivity contribution in [1.82, 2.24) is 4.98 Å². The van der Waals surface area contributed by atoms with E-state index in [-0.39, 0.29) is 18.3 Å². The molecule has 0 N–H and O–H groups in total. The summed E-state index contributed by atoms with van der Waals surface area (Å²) in [4.78, 5) is 3.64. The summed E-state index contributed by atoms with van der Waals surface area (Å²) in [5.41, 5.74) is 2.15. The second-order valence-corrected chi connectivity index (χ2v) is 4.55. The van der Waals surface area contributed by atoms with Crippen molar-refractivity contribution in [2.24, 2.45) is 0 Å². The van der Waals surface area contributed by atoms with Crippen molar-refractivity contribution in [3.05, 3.63) is 46.1 Å². The normalized spacial score (nSPS) is 12.6. The third-order valence-electron chi connectivity index (χ3n) is 2.63. The highest BCUT2D eigenvalue weighted by Gasteiger charge is 2.20. The molecular formula is C12H6BrF2NO. The smallest absolute Gasteiger partial charge is 0.224 e. The lowest BCUT2D eigenvalue weighted by atomic mass is 9.99. The summed E-state index contributed by atoms with van der Waals surface area (Å²) < 4.78 is 32.2. The summed E-state index contributed by atoms with van der Waals surface area (Å²) in [5.74, 6) is -0.759. The van der Waals surface area contributed by atoms with Gasteiger partial charge in [-0.15, -0.1) is 0 Å². The Morgan fingerprint density at radius 2 is 2.00 bits per heavy atom. The van der Waals surface area contributed by atoms with Crippen LogP contribution in [0.1, 0.15) is 5.56 Å². The van der Waals surface area contributed by atoms with E-state index in [0.717, 1.165) is 5.56 Å². The first kappa shape index (κ1) is 10.7. The number of pyridine rings is 1. The molecule has 0 fully saturated rings. The number of benzene rings is 1. The number of fused-ring (bicyclic) bond motifs is 3. The van der Waals surface area contributed by atoms with Gasteiger partial charge >= 0.3 is 0 Å². The van der Waals surface area contributed by atoms with Crippen LogP contribution in [-0.2, 0) is 6.61 Å². The minimum Gasteiger partial charge on any atom is -0.472 e. The number of aromatic nitrogens is 1. The van der Waals surface area contributed by atoms with E-state index in [4.69, 9.17) is 4.74 Å². The number of rotatable bonds is 0. The zero-order chi connectivity index (χ0) is 12.0. The Bertz CT molecular complexity index is 616. The van der Waals surface area contributed by atoms with Crippen molar-refractivity contribution >= 4 is 15.9 Å². The van der Waals surface area contributed by atoms with E-state index >= 15 is 0 Å². The van der Waals surface area contributed by atoms with E-state index in [2.05, 4.69) is 20.9 Å². The van der Waals surface area contributed by atoms with Crippen molar-refractivity contribution in [3.8, 4) is 17.0 Å². The summed E-state index contributed by atoms with van der Waals surface area (Å²) in [5, 5.41) is 0. The van der Waals surface area contributed by atoms with Crippen LogP contribution < -0.4 is 4.74 Å². The third kappa shape index (κ3) is 1.70. The predicted octanol–water partition coefficient (Wildman–Crippen LogP) is 3.68. The average molecular weight is 298 g/mol. The molecule has 1 aromatic carbocycles. The molecule has 2 nitrogen and oxygen atoms in total. The van der Waals surface area contributed by atoms with Crippen LogP contribution in [0.4, 0.5) is 8.78 Å². The van der Waals surface area contributed by atoms with E-state index in [1.165, 1.54) is 12.1 Å². The summed E-state index contributed by atoms with van der Waals surface area (Å²) in [6.07, 6.45) is 0. The Kier molecular flexibility index (Phi) is 2.36. The van der Waals surface area contributed by atoms with Crippen LogP contribution in [0.5, 0.6) is 5.88 Å². The van der Waals surface area contributed by atoms with Crippen molar-refractivity contribution in [2.45, 2.75) is 6.61 Å². The number of hydrogen-bond donors (Lipinski definition) is 0. The molecule has 1 aliphatic rings. The van der Waals surface area contributed by atoms with Gasteiger partial charge < -0.3 is 4.74 Å². The molecule has 2 aromatic rings. The van der Waals surface area contributed by atoms with E-state index in [1.54, 1.807) is 12.1 Å². The monoisotopic (exact) mass is 297 g/mol. The quantitative estimate of drug-likeness (QED) is 0.692. The van der Waals surface area contributed by atoms with Crippen LogP contribution in [-0.4, -0.2) is 4.98 Å². The predicted molar refractivity (Wildman–Crippen MR) is 61.6 cm³/mol. The summed E-state index contributed by atoms with van der Waals surface area (Å²) >= 11 is 3.12. The molecule has 0 atom stereocenters. The summed E-state index contributed by atoms with van der Waals surface area (Å²) in [6, 6.07) is 5.84. The Hall–Kier alpha value is -1.49. The van der Waals surface area contributed by atoms with Gasteiger partial charge in [0, 0.05) is 5.56 Å². The van der Waals surface area contributed by atoms with Gasteiger partial charge in [-0.1, -0.05) is 0 Å². The van der Waals surface area contributed by atoms with Gasteiger partial charge in [0.15, 0.2) is 0 Å². The van der Waals surface area contributed by atoms with Crippen LogP contribution in [0.25, 0.3) is 11.1 Å². The average Bonchev–Trinajstić information content (AvgIpc) is 2.30. The lowest BCUT2D eigenvalue weighted by Gasteiger charge is -2.20. The van der Waals surface area contributed by atoms with E-state index in [1.807, 2.05) is 0 Å². The van der Waals surface area contributed by atoms with E-state index < -0.39 is 5.95 Å². The second kappa shape index (κ2) is 3.77. The molecule has 0 radical (unpaired) electrons. The van der Waals surface area contributed by atoms with Gasteiger partial charge in [-0.3, -0.25) is 0 Å². The van der Waals surface area contributed by atoms with E-state index in [0.29, 0.717) is 15.6 Å². The van der Waals surface area contributed by atoms with Crippen LogP contribution >= 0.6 is 15.9 Å². The standard InChI is InChI=1S/C12H6BrF2NO/c13-9-3-6-5-17-12-7(1-2-11(15)16-12)8(6)4-10(9)14/h1-4H,5H2. The molecule has 2 heterocycles. The highest BCUT2D eigenvalue weighted by Crippen LogP contribution is 2.38. The molecule has 0 amide bonds. The molecule has 5 heteroatoms. The minimum atomic E-state index is -0.607. The largest absolute Gasteiger partial charge is 0.472 e. The van der Waals surface area contributed by atoms with Gasteiger partial charge in [-0.25, -0.2) is 4.39 Å². The second-order valence-electron chi connectivity index (χ2n) is 3.70. The first-order valence-electron chi connectivity index (χ1n) is 4.93. The molecule has 17 heavy (non-hydrogen) atoms. The topological polar surface area (TPSA) is 22.1 Å². The summed E-state index contributed by atoms with van der Waals surface area (Å²) in [6.45, 7) is 0.262. The van der Waals surface area contributed by atoms with E-state index in [9.17, 15) is 8.78 Å². The Morgan fingerprint density at radius 1 is 1.18 bits per heavy atom. The highest BCUT2D eigenvalue weighted by atomic mass is 79.9. The number of halogens is 3. The van der Waals surface area contributed by atoms with Crippen molar-refractivity contribution in [3.63, 3.8) is 0 Å². The Morgan fingerprint density at radius 3 is 2.82 bits per heavy atom. The summed E-state index contributed by atoms with van der Waals surface area (Å²) in [7, 11) is 0. The van der Waals surface area contributed by atoms with Gasteiger partial charge in [0.25, 0.3) is 0 Å². The fourth-order valence-electron chi connectivity index (χ4n) is 1.84. The van der Waals surface area contributed by atoms with Gasteiger partial charge in [-0.2, -0.15) is 9.37 Å². The van der Waals surface area contributed by atoms with Crippen LogP contribution in [0.3, 0.4) is 0 Å². The van der Waals surface area contributed by atoms with Gasteiger partial charge in [-0.05, 0) is 51.3 Å². The van der Waals surface area contributed by atoms with Crippen LogP contribution in [0.15, 0.2) is 28.7 Å². The molecule has 1 aliphatic heterocycles. The van der Waals surface area contributed by atoms with Gasteiger partial charge in [0.2, 0.25) is 11.8 Å². The molecule has 0 unspecified atom stereocenters. The number of hydrogen-bond acceptors (Lipinski definition) is 2. The minimum absolute atomic E-state index is 0.208. The zero-order valence-electron chi connectivity index (χ0n) is 8.51. The van der Waals surface area contributed by atoms with Gasteiger partial charge in [0.05, 0.1) is 4.47 Å². The molecule has 0 spiro atoms. The van der Waals surface area contributed by atoms with Gasteiger partial charge in [0.1, 0.15) is 12.4 Å². The van der Waals surface area contributed by atoms with Crippen LogP contribution in [0.2, 0.25) is 0 Å². The molecule has 1 aromatic heterocycles. The fraction of sp³-hybridized carbons (Fsp3) is 0.0833. The first-order chi connectivity index (χ1) is 8.15. The zero-order valence-corrected chi connectivity index (χ0v) is 10.1. The lowest BCUT2D eigenvalue weighted by molar-refractivity contribution is 0.285. The molecule has 0 aliphatic carbocycles. The number of nitrogens with zero attached hydrogens (tertiary/aromatic N) is 1. The fourth-order valence-corrected chi connectivity index (χ4v) is 2.23. The van der Waals surface area contributed by atoms with Crippen LogP contribution in [0, 0.1) is 11.8 Å². The Labute approximate surface area is 104 Å². The molecular weight excluding hydrogens is 292 g/mol. The molecule has 86 valence electrons. The maximum Gasteiger partial charge on any atom is 0.224 e. The number of ether oxygens (including phenoxy) is 1. The lowest BCUT2D eigenvalue weighted by Crippen LogP contribution is -2.08. The Balaban J connectivity index is 2.25. The van der Waals surface area contributed by atoms with Crippen molar-refractivity contribution < 1.29 is 13.5 Å². The maximum atomic E-state index is 13.5. The molecule has 0 saturated heterocycles. The van der Waals surface area contributed by atoms with Crippen molar-refractivity contribution in [2.75, 3.05) is 0 Å².